The molecule has 0 aliphatic carbocycles. The zero-order chi connectivity index (χ0) is 38.2. The minimum absolute atomic E-state index is 0.0423. The molecule has 0 aliphatic heterocycles. The smallest absolute Gasteiger partial charge is 0.462 e. The molecule has 0 bridgehead atoms. The van der Waals surface area contributed by atoms with Crippen molar-refractivity contribution in [3.63, 3.8) is 0 Å². The highest BCUT2D eigenvalue weighted by molar-refractivity contribution is 7.47. The number of esters is 2. The second kappa shape index (κ2) is 38.7. The molecule has 0 aromatic carbocycles. The van der Waals surface area contributed by atoms with Gasteiger partial charge in [0.25, 0.3) is 0 Å². The van der Waals surface area contributed by atoms with Crippen LogP contribution in [0.2, 0.25) is 0 Å². The topological polar surface area (TPSA) is 134 Å². The molecule has 3 N–H and O–H groups in total. The average molecular weight is 754 g/mol. The van der Waals surface area contributed by atoms with Crippen LogP contribution in [0.4, 0.5) is 0 Å². The largest absolute Gasteiger partial charge is 0.472 e. The van der Waals surface area contributed by atoms with Gasteiger partial charge in [-0.15, -0.1) is 0 Å². The number of ether oxygens (including phenoxy) is 2. The number of hydrogen-bond donors (Lipinski definition) is 2. The van der Waals surface area contributed by atoms with Crippen LogP contribution in [0.1, 0.15) is 174 Å². The van der Waals surface area contributed by atoms with Crippen molar-refractivity contribution in [3.8, 4) is 0 Å². The molecule has 0 aromatic rings. The molecule has 0 rings (SSSR count). The maximum absolute atomic E-state index is 12.5. The molecule has 0 radical (unpaired) electrons. The second-order valence-electron chi connectivity index (χ2n) is 13.5. The summed E-state index contributed by atoms with van der Waals surface area (Å²) in [5.41, 5.74) is 5.33. The van der Waals surface area contributed by atoms with Crippen molar-refractivity contribution in [3.05, 3.63) is 48.6 Å². The molecule has 0 aliphatic rings. The Kier molecular flexibility index (Phi) is 37.2. The van der Waals surface area contributed by atoms with Crippen molar-refractivity contribution < 1.29 is 37.6 Å². The van der Waals surface area contributed by atoms with Gasteiger partial charge in [-0.25, -0.2) is 4.57 Å². The van der Waals surface area contributed by atoms with E-state index in [1.54, 1.807) is 0 Å². The van der Waals surface area contributed by atoms with Gasteiger partial charge in [-0.1, -0.05) is 172 Å². The van der Waals surface area contributed by atoms with Crippen molar-refractivity contribution >= 4 is 19.8 Å². The lowest BCUT2D eigenvalue weighted by Gasteiger charge is -2.19. The van der Waals surface area contributed by atoms with Crippen LogP contribution in [-0.2, 0) is 32.7 Å². The molecular formula is C42H76NO8P. The van der Waals surface area contributed by atoms with Gasteiger partial charge in [0, 0.05) is 19.4 Å². The van der Waals surface area contributed by atoms with Crippen molar-refractivity contribution in [2.45, 2.75) is 180 Å². The monoisotopic (exact) mass is 754 g/mol. The summed E-state index contributed by atoms with van der Waals surface area (Å²) in [5.74, 6) is -0.921. The van der Waals surface area contributed by atoms with E-state index in [9.17, 15) is 19.0 Å². The number of phosphoric acid groups is 1. The molecule has 0 heterocycles. The maximum Gasteiger partial charge on any atom is 0.472 e. The summed E-state index contributed by atoms with van der Waals surface area (Å²) in [5, 5.41) is 0. The third-order valence-corrected chi connectivity index (χ3v) is 9.48. The quantitative estimate of drug-likeness (QED) is 0.0273. The Balaban J connectivity index is 4.21. The van der Waals surface area contributed by atoms with E-state index >= 15 is 0 Å². The number of nitrogens with two attached hydrogens (primary N) is 1. The number of carbonyl (C=O) groups is 2. The van der Waals surface area contributed by atoms with Gasteiger partial charge < -0.3 is 20.1 Å². The summed E-state index contributed by atoms with van der Waals surface area (Å²) in [6.45, 7) is 3.53. The summed E-state index contributed by atoms with van der Waals surface area (Å²) in [6, 6.07) is 0. The number of allylic oxidation sites excluding steroid dienone is 8. The van der Waals surface area contributed by atoms with Crippen LogP contribution in [0.5, 0.6) is 0 Å². The van der Waals surface area contributed by atoms with Gasteiger partial charge in [-0.3, -0.25) is 18.6 Å². The molecular weight excluding hydrogens is 677 g/mol. The molecule has 0 spiro atoms. The lowest BCUT2D eigenvalue weighted by atomic mass is 10.0. The van der Waals surface area contributed by atoms with Crippen LogP contribution < -0.4 is 5.73 Å². The Morgan fingerprint density at radius 3 is 1.54 bits per heavy atom. The van der Waals surface area contributed by atoms with Crippen molar-refractivity contribution in [2.75, 3.05) is 26.4 Å². The van der Waals surface area contributed by atoms with Gasteiger partial charge in [0.2, 0.25) is 0 Å². The zero-order valence-electron chi connectivity index (χ0n) is 33.0. The van der Waals surface area contributed by atoms with E-state index in [1.807, 2.05) is 12.2 Å². The standard InChI is InChI=1S/C42H76NO8P/c1-3-5-7-9-11-13-15-17-18-19-20-21-23-24-26-28-30-32-34-41(44)48-38-40(39-50-52(46,47)49-37-36-43)51-42(45)35-33-31-29-27-25-22-16-14-12-10-8-6-4-2/h6,8,12,14,22,25,29,31,40H,3-5,7,9-11,13,15-21,23-24,26-28,30,32-39,43H2,1-2H3,(H,46,47)/b8-6-,14-12-,25-22-,31-29-. The molecule has 52 heavy (non-hydrogen) atoms. The normalized spacial score (nSPS) is 13.8. The van der Waals surface area contributed by atoms with Crippen molar-refractivity contribution in [1.29, 1.82) is 0 Å². The lowest BCUT2D eigenvalue weighted by molar-refractivity contribution is -0.161. The minimum Gasteiger partial charge on any atom is -0.462 e. The molecule has 0 aromatic heterocycles. The van der Waals surface area contributed by atoms with Crippen LogP contribution >= 0.6 is 7.82 Å². The highest BCUT2D eigenvalue weighted by Crippen LogP contribution is 2.43. The fourth-order valence-electron chi connectivity index (χ4n) is 5.47. The average Bonchev–Trinajstić information content (AvgIpc) is 3.13. The molecule has 9 nitrogen and oxygen atoms in total. The highest BCUT2D eigenvalue weighted by atomic mass is 31.2. The SMILES string of the molecule is CC/C=C\C/C=C\C/C=C\C/C=C\CCC(=O)OC(COC(=O)CCCCCCCCCCCCCCCCCCCC)COP(=O)(O)OCCN. The van der Waals surface area contributed by atoms with Crippen LogP contribution in [0.3, 0.4) is 0 Å². The van der Waals surface area contributed by atoms with E-state index in [-0.39, 0.29) is 32.6 Å². The molecule has 0 fully saturated rings. The predicted octanol–water partition coefficient (Wildman–Crippen LogP) is 11.6. The Morgan fingerprint density at radius 1 is 0.596 bits per heavy atom. The maximum atomic E-state index is 12.5. The predicted molar refractivity (Wildman–Crippen MR) is 215 cm³/mol. The van der Waals surface area contributed by atoms with Crippen molar-refractivity contribution in [1.82, 2.24) is 0 Å². The van der Waals surface area contributed by atoms with Crippen molar-refractivity contribution in [2.24, 2.45) is 5.73 Å². The summed E-state index contributed by atoms with van der Waals surface area (Å²) in [7, 11) is -4.39. The third kappa shape index (κ3) is 37.7. The first kappa shape index (κ1) is 50.0. The van der Waals surface area contributed by atoms with Gasteiger partial charge in [0.1, 0.15) is 6.61 Å². The van der Waals surface area contributed by atoms with E-state index < -0.39 is 32.5 Å². The van der Waals surface area contributed by atoms with E-state index in [0.717, 1.165) is 44.9 Å². The van der Waals surface area contributed by atoms with E-state index in [2.05, 4.69) is 50.3 Å². The number of rotatable bonds is 38. The Labute approximate surface area is 317 Å². The number of unbranched alkanes of at least 4 members (excludes halogenated alkanes) is 17. The minimum atomic E-state index is -4.39. The first-order chi connectivity index (χ1) is 25.3. The lowest BCUT2D eigenvalue weighted by Crippen LogP contribution is -2.29. The Morgan fingerprint density at radius 2 is 1.06 bits per heavy atom. The number of phosphoric ester groups is 1. The Hall–Kier alpha value is -2.03. The second-order valence-corrected chi connectivity index (χ2v) is 14.9. The molecule has 0 amide bonds. The van der Waals surface area contributed by atoms with E-state index in [1.165, 1.54) is 96.3 Å². The molecule has 0 saturated carbocycles. The molecule has 0 saturated heterocycles. The fraction of sp³-hybridized carbons (Fsp3) is 0.762. The van der Waals surface area contributed by atoms with Crippen LogP contribution in [-0.4, -0.2) is 49.3 Å². The van der Waals surface area contributed by atoms with Crippen LogP contribution in [0, 0.1) is 0 Å². The molecule has 10 heteroatoms. The van der Waals surface area contributed by atoms with Gasteiger partial charge in [0.15, 0.2) is 6.10 Å². The third-order valence-electron chi connectivity index (χ3n) is 8.49. The van der Waals surface area contributed by atoms with Gasteiger partial charge in [0.05, 0.1) is 13.2 Å². The zero-order valence-corrected chi connectivity index (χ0v) is 33.9. The van der Waals surface area contributed by atoms with E-state index in [0.29, 0.717) is 6.42 Å². The summed E-state index contributed by atoms with van der Waals surface area (Å²) < 4.78 is 32.6. The fourth-order valence-corrected chi connectivity index (χ4v) is 6.24. The first-order valence-corrected chi connectivity index (χ1v) is 22.1. The molecule has 2 atom stereocenters. The summed E-state index contributed by atoms with van der Waals surface area (Å²) in [4.78, 5) is 34.7. The summed E-state index contributed by atoms with van der Waals surface area (Å²) in [6.07, 6.45) is 43.1. The first-order valence-electron chi connectivity index (χ1n) is 20.6. The van der Waals surface area contributed by atoms with Gasteiger partial charge >= 0.3 is 19.8 Å². The highest BCUT2D eigenvalue weighted by Gasteiger charge is 2.25. The van der Waals surface area contributed by atoms with Gasteiger partial charge in [-0.2, -0.15) is 0 Å². The Bertz CT molecular complexity index is 996. The number of carbonyl (C=O) groups excluding carboxylic acids is 2. The van der Waals surface area contributed by atoms with Crippen LogP contribution in [0.25, 0.3) is 0 Å². The van der Waals surface area contributed by atoms with E-state index in [4.69, 9.17) is 24.3 Å². The number of hydrogen-bond acceptors (Lipinski definition) is 8. The van der Waals surface area contributed by atoms with Gasteiger partial charge in [-0.05, 0) is 38.5 Å². The van der Waals surface area contributed by atoms with Crippen LogP contribution in [0.15, 0.2) is 48.6 Å². The molecule has 302 valence electrons. The molecule has 2 unspecified atom stereocenters. The summed E-state index contributed by atoms with van der Waals surface area (Å²) >= 11 is 0.